The van der Waals surface area contributed by atoms with Crippen LogP contribution in [0.1, 0.15) is 40.2 Å². The lowest BCUT2D eigenvalue weighted by molar-refractivity contribution is -0.127. The van der Waals surface area contributed by atoms with Gasteiger partial charge in [0.15, 0.2) is 0 Å². The maximum atomic E-state index is 12.6. The molecule has 2 amide bonds. The summed E-state index contributed by atoms with van der Waals surface area (Å²) in [5.41, 5.74) is 0.0159. The van der Waals surface area contributed by atoms with Gasteiger partial charge in [0, 0.05) is 36.3 Å². The van der Waals surface area contributed by atoms with Crippen LogP contribution < -0.4 is 5.32 Å². The Morgan fingerprint density at radius 1 is 1.38 bits per heavy atom. The molecule has 3 rings (SSSR count). The van der Waals surface area contributed by atoms with Crippen LogP contribution in [0, 0.1) is 18.3 Å². The van der Waals surface area contributed by atoms with Gasteiger partial charge in [0.05, 0.1) is 4.88 Å². The van der Waals surface area contributed by atoms with Crippen molar-refractivity contribution in [3.8, 4) is 0 Å². The first kappa shape index (κ1) is 14.6. The summed E-state index contributed by atoms with van der Waals surface area (Å²) >= 11 is 1.55. The Hall–Kier alpha value is -1.36. The average molecular weight is 306 g/mol. The van der Waals surface area contributed by atoms with Crippen molar-refractivity contribution >= 4 is 23.2 Å². The molecule has 5 heteroatoms. The number of carbonyl (C=O) groups is 2. The molecule has 2 heterocycles. The third-order valence-electron chi connectivity index (χ3n) is 5.09. The number of carbonyl (C=O) groups excluding carboxylic acids is 2. The van der Waals surface area contributed by atoms with E-state index in [2.05, 4.69) is 5.32 Å². The van der Waals surface area contributed by atoms with Gasteiger partial charge in [-0.1, -0.05) is 6.42 Å². The van der Waals surface area contributed by atoms with Crippen LogP contribution in [0.5, 0.6) is 0 Å². The Kier molecular flexibility index (Phi) is 3.78. The normalized spacial score (nSPS) is 28.3. The fraction of sp³-hybridized carbons (Fsp3) is 0.625. The van der Waals surface area contributed by atoms with Crippen LogP contribution >= 0.6 is 11.3 Å². The molecule has 114 valence electrons. The maximum Gasteiger partial charge on any atom is 0.263 e. The van der Waals surface area contributed by atoms with E-state index in [-0.39, 0.29) is 23.1 Å². The monoisotopic (exact) mass is 306 g/mol. The first-order valence-electron chi connectivity index (χ1n) is 7.63. The number of aryl methyl sites for hydroxylation is 1. The number of thiophene rings is 1. The van der Waals surface area contributed by atoms with E-state index in [1.807, 2.05) is 24.0 Å². The second kappa shape index (κ2) is 5.44. The summed E-state index contributed by atoms with van der Waals surface area (Å²) in [6, 6.07) is 3.91. The molecule has 2 unspecified atom stereocenters. The van der Waals surface area contributed by atoms with Crippen molar-refractivity contribution in [3.63, 3.8) is 0 Å². The van der Waals surface area contributed by atoms with Gasteiger partial charge in [-0.25, -0.2) is 0 Å². The topological polar surface area (TPSA) is 49.4 Å². The third-order valence-corrected chi connectivity index (χ3v) is 6.08. The summed E-state index contributed by atoms with van der Waals surface area (Å²) in [5, 5.41) is 2.80. The first-order chi connectivity index (χ1) is 10.1. The standard InChI is InChI=1S/C16H22N2O2S/c1-11-5-6-13(21-11)15(20)18-9-8-16(10-18)7-3-4-12(16)14(19)17-2/h5-6,12H,3-4,7-10H2,1-2H3,(H,17,19). The van der Waals surface area contributed by atoms with Gasteiger partial charge >= 0.3 is 0 Å². The molecule has 1 N–H and O–H groups in total. The van der Waals surface area contributed by atoms with E-state index in [1.54, 1.807) is 18.4 Å². The molecule has 0 aromatic carbocycles. The zero-order valence-electron chi connectivity index (χ0n) is 12.6. The quantitative estimate of drug-likeness (QED) is 0.912. The Labute approximate surface area is 129 Å². The van der Waals surface area contributed by atoms with Crippen LogP contribution in [0.25, 0.3) is 0 Å². The molecular weight excluding hydrogens is 284 g/mol. The van der Waals surface area contributed by atoms with Crippen molar-refractivity contribution in [3.05, 3.63) is 21.9 Å². The lowest BCUT2D eigenvalue weighted by atomic mass is 9.76. The van der Waals surface area contributed by atoms with Gasteiger partial charge in [-0.15, -0.1) is 11.3 Å². The fourth-order valence-electron chi connectivity index (χ4n) is 3.99. The van der Waals surface area contributed by atoms with Crippen LogP contribution in [-0.4, -0.2) is 36.9 Å². The molecule has 21 heavy (non-hydrogen) atoms. The second-order valence-electron chi connectivity index (χ2n) is 6.31. The van der Waals surface area contributed by atoms with Crippen LogP contribution in [0.4, 0.5) is 0 Å². The smallest absolute Gasteiger partial charge is 0.263 e. The molecule has 0 bridgehead atoms. The van der Waals surface area contributed by atoms with E-state index in [1.165, 1.54) is 0 Å². The number of rotatable bonds is 2. The summed E-state index contributed by atoms with van der Waals surface area (Å²) in [4.78, 5) is 28.6. The van der Waals surface area contributed by atoms with Gasteiger partial charge in [-0.3, -0.25) is 9.59 Å². The zero-order valence-corrected chi connectivity index (χ0v) is 13.5. The number of nitrogens with one attached hydrogen (secondary N) is 1. The second-order valence-corrected chi connectivity index (χ2v) is 7.60. The number of hydrogen-bond donors (Lipinski definition) is 1. The van der Waals surface area contributed by atoms with E-state index < -0.39 is 0 Å². The minimum Gasteiger partial charge on any atom is -0.359 e. The van der Waals surface area contributed by atoms with Gasteiger partial charge in [0.25, 0.3) is 5.91 Å². The number of amides is 2. The minimum absolute atomic E-state index is 0.0159. The Balaban J connectivity index is 1.75. The predicted molar refractivity (Wildman–Crippen MR) is 83.4 cm³/mol. The summed E-state index contributed by atoms with van der Waals surface area (Å²) in [7, 11) is 1.71. The molecule has 0 radical (unpaired) electrons. The van der Waals surface area contributed by atoms with Crippen LogP contribution in [-0.2, 0) is 4.79 Å². The fourth-order valence-corrected chi connectivity index (χ4v) is 4.82. The van der Waals surface area contributed by atoms with E-state index >= 15 is 0 Å². The molecule has 1 aliphatic carbocycles. The average Bonchev–Trinajstić information content (AvgIpc) is 3.19. The van der Waals surface area contributed by atoms with Gasteiger partial charge < -0.3 is 10.2 Å². The molecule has 2 aliphatic rings. The third kappa shape index (κ3) is 2.48. The van der Waals surface area contributed by atoms with Crippen molar-refractivity contribution in [2.45, 2.75) is 32.6 Å². The number of nitrogens with zero attached hydrogens (tertiary/aromatic N) is 1. The molecule has 2 atom stereocenters. The Bertz CT molecular complexity index is 568. The predicted octanol–water partition coefficient (Wildman–Crippen LogP) is 2.43. The highest BCUT2D eigenvalue weighted by molar-refractivity contribution is 7.13. The number of hydrogen-bond acceptors (Lipinski definition) is 3. The molecule has 2 fully saturated rings. The van der Waals surface area contributed by atoms with Crippen molar-refractivity contribution in [2.24, 2.45) is 11.3 Å². The van der Waals surface area contributed by atoms with Gasteiger partial charge in [-0.05, 0) is 38.3 Å². The lowest BCUT2D eigenvalue weighted by Crippen LogP contribution is -2.40. The lowest BCUT2D eigenvalue weighted by Gasteiger charge is -2.30. The van der Waals surface area contributed by atoms with Gasteiger partial charge in [0.2, 0.25) is 5.91 Å². The summed E-state index contributed by atoms with van der Waals surface area (Å²) in [6.45, 7) is 3.54. The van der Waals surface area contributed by atoms with E-state index in [9.17, 15) is 9.59 Å². The molecule has 1 aliphatic heterocycles. The van der Waals surface area contributed by atoms with Crippen molar-refractivity contribution < 1.29 is 9.59 Å². The maximum absolute atomic E-state index is 12.6. The van der Waals surface area contributed by atoms with Gasteiger partial charge in [-0.2, -0.15) is 0 Å². The molecule has 1 spiro atoms. The molecular formula is C16H22N2O2S. The van der Waals surface area contributed by atoms with Crippen LogP contribution in [0.2, 0.25) is 0 Å². The SMILES string of the molecule is CNC(=O)C1CCCC12CCN(C(=O)c1ccc(C)s1)C2. The summed E-state index contributed by atoms with van der Waals surface area (Å²) < 4.78 is 0. The molecule has 1 saturated carbocycles. The summed E-state index contributed by atoms with van der Waals surface area (Å²) in [5.74, 6) is 0.353. The molecule has 1 aromatic heterocycles. The van der Waals surface area contributed by atoms with Crippen molar-refractivity contribution in [1.29, 1.82) is 0 Å². The molecule has 4 nitrogen and oxygen atoms in total. The Morgan fingerprint density at radius 2 is 2.19 bits per heavy atom. The van der Waals surface area contributed by atoms with E-state index in [0.717, 1.165) is 48.5 Å². The minimum atomic E-state index is 0.0159. The molecule has 1 saturated heterocycles. The first-order valence-corrected chi connectivity index (χ1v) is 8.45. The largest absolute Gasteiger partial charge is 0.359 e. The summed E-state index contributed by atoms with van der Waals surface area (Å²) in [6.07, 6.45) is 4.08. The highest BCUT2D eigenvalue weighted by Gasteiger charge is 2.51. The zero-order chi connectivity index (χ0) is 15.0. The van der Waals surface area contributed by atoms with Crippen molar-refractivity contribution in [2.75, 3.05) is 20.1 Å². The highest BCUT2D eigenvalue weighted by Crippen LogP contribution is 2.50. The van der Waals surface area contributed by atoms with E-state index in [4.69, 9.17) is 0 Å². The highest BCUT2D eigenvalue weighted by atomic mass is 32.1. The van der Waals surface area contributed by atoms with Gasteiger partial charge in [0.1, 0.15) is 0 Å². The number of likely N-dealkylation sites (tertiary alicyclic amines) is 1. The van der Waals surface area contributed by atoms with Crippen LogP contribution in [0.15, 0.2) is 12.1 Å². The van der Waals surface area contributed by atoms with E-state index in [0.29, 0.717) is 0 Å². The van der Waals surface area contributed by atoms with Crippen LogP contribution in [0.3, 0.4) is 0 Å². The Morgan fingerprint density at radius 3 is 2.86 bits per heavy atom. The van der Waals surface area contributed by atoms with Crippen molar-refractivity contribution in [1.82, 2.24) is 10.2 Å². The molecule has 1 aromatic rings.